The van der Waals surface area contributed by atoms with E-state index in [1.165, 1.54) is 11.8 Å². The third-order valence-corrected chi connectivity index (χ3v) is 4.22. The predicted octanol–water partition coefficient (Wildman–Crippen LogP) is 3.21. The van der Waals surface area contributed by atoms with Crippen LogP contribution >= 0.6 is 11.8 Å². The lowest BCUT2D eigenvalue weighted by atomic mass is 9.82. The van der Waals surface area contributed by atoms with Gasteiger partial charge in [0.25, 0.3) is 0 Å². The van der Waals surface area contributed by atoms with Crippen molar-refractivity contribution in [3.05, 3.63) is 35.9 Å². The van der Waals surface area contributed by atoms with E-state index in [0.29, 0.717) is 6.42 Å². The van der Waals surface area contributed by atoms with Gasteiger partial charge in [0.2, 0.25) is 0 Å². The van der Waals surface area contributed by atoms with Gasteiger partial charge in [0, 0.05) is 6.42 Å². The van der Waals surface area contributed by atoms with Crippen LogP contribution in [-0.4, -0.2) is 16.8 Å². The van der Waals surface area contributed by atoms with Gasteiger partial charge in [-0.05, 0) is 17.2 Å². The molecule has 1 saturated heterocycles. The Kier molecular flexibility index (Phi) is 4.64. The number of carbonyl (C=O) groups excluding carboxylic acids is 2. The molecule has 2 rings (SSSR count). The van der Waals surface area contributed by atoms with E-state index in [1.54, 1.807) is 0 Å². The molecular weight excluding hydrogens is 260 g/mol. The molecule has 0 bridgehead atoms. The molecule has 4 heteroatoms. The van der Waals surface area contributed by atoms with Gasteiger partial charge in [0.15, 0.2) is 5.12 Å². The molecule has 1 aliphatic heterocycles. The minimum absolute atomic E-state index is 0.0259. The van der Waals surface area contributed by atoms with Crippen LogP contribution in [-0.2, 0) is 14.3 Å². The lowest BCUT2D eigenvalue weighted by Crippen LogP contribution is -2.36. The van der Waals surface area contributed by atoms with E-state index in [4.69, 9.17) is 4.74 Å². The molecule has 1 fully saturated rings. The second kappa shape index (κ2) is 6.24. The average molecular weight is 278 g/mol. The second-order valence-corrected chi connectivity index (χ2v) is 6.05. The van der Waals surface area contributed by atoms with Crippen LogP contribution in [0.3, 0.4) is 0 Å². The van der Waals surface area contributed by atoms with Crippen molar-refractivity contribution in [2.24, 2.45) is 11.8 Å². The largest absolute Gasteiger partial charge is 0.457 e. The molecular formula is C15H18O3S. The number of esters is 1. The fourth-order valence-electron chi connectivity index (χ4n) is 2.46. The summed E-state index contributed by atoms with van der Waals surface area (Å²) in [5, 5.41) is 0.122. The van der Waals surface area contributed by atoms with E-state index < -0.39 is 6.10 Å². The van der Waals surface area contributed by atoms with Gasteiger partial charge in [-0.2, -0.15) is 0 Å². The fourth-order valence-corrected chi connectivity index (χ4v) is 3.30. The Hall–Kier alpha value is -1.29. The second-order valence-electron chi connectivity index (χ2n) is 4.78. The van der Waals surface area contributed by atoms with Crippen LogP contribution in [0.1, 0.15) is 31.9 Å². The van der Waals surface area contributed by atoms with E-state index in [1.807, 2.05) is 44.2 Å². The van der Waals surface area contributed by atoms with Gasteiger partial charge < -0.3 is 4.74 Å². The number of rotatable bonds is 3. The van der Waals surface area contributed by atoms with Crippen LogP contribution in [0.25, 0.3) is 0 Å². The predicted molar refractivity (Wildman–Crippen MR) is 75.7 cm³/mol. The summed E-state index contributed by atoms with van der Waals surface area (Å²) in [5.74, 6) is 0.312. The Morgan fingerprint density at radius 1 is 1.37 bits per heavy atom. The van der Waals surface area contributed by atoms with Crippen LogP contribution in [0.5, 0.6) is 0 Å². The van der Waals surface area contributed by atoms with Gasteiger partial charge >= 0.3 is 5.97 Å². The first-order chi connectivity index (χ1) is 9.13. The van der Waals surface area contributed by atoms with Crippen molar-refractivity contribution >= 4 is 22.8 Å². The van der Waals surface area contributed by atoms with E-state index >= 15 is 0 Å². The summed E-state index contributed by atoms with van der Waals surface area (Å²) in [4.78, 5) is 23.9. The molecule has 19 heavy (non-hydrogen) atoms. The highest BCUT2D eigenvalue weighted by atomic mass is 32.2. The van der Waals surface area contributed by atoms with Crippen LogP contribution < -0.4 is 0 Å². The third-order valence-electron chi connectivity index (χ3n) is 3.37. The number of cyclic esters (lactones) is 1. The zero-order valence-corrected chi connectivity index (χ0v) is 12.0. The van der Waals surface area contributed by atoms with Crippen molar-refractivity contribution in [2.75, 3.05) is 5.75 Å². The summed E-state index contributed by atoms with van der Waals surface area (Å²) in [6, 6.07) is 9.53. The number of hydrogen-bond donors (Lipinski definition) is 0. The molecule has 1 heterocycles. The van der Waals surface area contributed by atoms with E-state index in [2.05, 4.69) is 0 Å². The molecule has 0 saturated carbocycles. The molecule has 0 N–H and O–H groups in total. The number of carbonyl (C=O) groups is 2. The fraction of sp³-hybridized carbons (Fsp3) is 0.467. The van der Waals surface area contributed by atoms with Crippen molar-refractivity contribution in [1.82, 2.24) is 0 Å². The quantitative estimate of drug-likeness (QED) is 0.796. The van der Waals surface area contributed by atoms with Gasteiger partial charge in [-0.25, -0.2) is 0 Å². The van der Waals surface area contributed by atoms with Gasteiger partial charge in [-0.15, -0.1) is 0 Å². The zero-order valence-electron chi connectivity index (χ0n) is 11.2. The first kappa shape index (κ1) is 14.1. The van der Waals surface area contributed by atoms with Gasteiger partial charge in [-0.1, -0.05) is 55.9 Å². The number of ether oxygens (including phenoxy) is 1. The summed E-state index contributed by atoms with van der Waals surface area (Å²) in [6.07, 6.45) is -0.117. The molecule has 0 amide bonds. The normalized spacial score (nSPS) is 26.8. The van der Waals surface area contributed by atoms with Crippen molar-refractivity contribution in [3.63, 3.8) is 0 Å². The minimum Gasteiger partial charge on any atom is -0.457 e. The highest BCUT2D eigenvalue weighted by Crippen LogP contribution is 2.40. The van der Waals surface area contributed by atoms with Gasteiger partial charge in [-0.3, -0.25) is 9.59 Å². The Morgan fingerprint density at radius 3 is 2.68 bits per heavy atom. The Balaban J connectivity index is 2.29. The van der Waals surface area contributed by atoms with E-state index in [-0.39, 0.29) is 22.9 Å². The maximum Gasteiger partial charge on any atom is 0.306 e. The first-order valence-corrected chi connectivity index (χ1v) is 7.53. The van der Waals surface area contributed by atoms with Gasteiger partial charge in [0.1, 0.15) is 6.10 Å². The molecule has 1 aliphatic rings. The molecule has 102 valence electrons. The monoisotopic (exact) mass is 278 g/mol. The number of thioether (sulfide) groups is 1. The summed E-state index contributed by atoms with van der Waals surface area (Å²) >= 11 is 1.31. The number of hydrogen-bond acceptors (Lipinski definition) is 4. The molecule has 0 spiro atoms. The standard InChI is InChI=1S/C15H18O3S/c1-3-19-15(17)13-10(2)9-12(16)18-14(13)11-7-5-4-6-8-11/h4-8,10,13-14H,3,9H2,1-2H3. The minimum atomic E-state index is -0.441. The Bertz CT molecular complexity index is 458. The van der Waals surface area contributed by atoms with Crippen LogP contribution in [0.15, 0.2) is 30.3 Å². The van der Waals surface area contributed by atoms with Crippen LogP contribution in [0, 0.1) is 11.8 Å². The molecule has 3 nitrogen and oxygen atoms in total. The lowest BCUT2D eigenvalue weighted by Gasteiger charge is -2.34. The van der Waals surface area contributed by atoms with Gasteiger partial charge in [0.05, 0.1) is 5.92 Å². The van der Waals surface area contributed by atoms with Crippen molar-refractivity contribution in [2.45, 2.75) is 26.4 Å². The highest BCUT2D eigenvalue weighted by Gasteiger charge is 2.41. The molecule has 0 aromatic heterocycles. The number of benzene rings is 1. The molecule has 0 radical (unpaired) electrons. The van der Waals surface area contributed by atoms with Crippen molar-refractivity contribution in [1.29, 1.82) is 0 Å². The third kappa shape index (κ3) is 3.18. The molecule has 3 atom stereocenters. The first-order valence-electron chi connectivity index (χ1n) is 6.54. The molecule has 1 aromatic rings. The van der Waals surface area contributed by atoms with E-state index in [9.17, 15) is 9.59 Å². The van der Waals surface area contributed by atoms with E-state index in [0.717, 1.165) is 11.3 Å². The SMILES string of the molecule is CCSC(=O)C1C(C)CC(=O)OC1c1ccccc1. The van der Waals surface area contributed by atoms with Crippen LogP contribution in [0.4, 0.5) is 0 Å². The molecule has 0 aliphatic carbocycles. The van der Waals surface area contributed by atoms with Crippen molar-refractivity contribution < 1.29 is 14.3 Å². The average Bonchev–Trinajstić information content (AvgIpc) is 2.39. The summed E-state index contributed by atoms with van der Waals surface area (Å²) < 4.78 is 5.45. The topological polar surface area (TPSA) is 43.4 Å². The summed E-state index contributed by atoms with van der Waals surface area (Å²) in [7, 11) is 0. The molecule has 1 aromatic carbocycles. The molecule has 3 unspecified atom stereocenters. The smallest absolute Gasteiger partial charge is 0.306 e. The van der Waals surface area contributed by atoms with Crippen molar-refractivity contribution in [3.8, 4) is 0 Å². The highest BCUT2D eigenvalue weighted by molar-refractivity contribution is 8.13. The lowest BCUT2D eigenvalue weighted by molar-refractivity contribution is -0.164. The maximum absolute atomic E-state index is 12.3. The Morgan fingerprint density at radius 2 is 2.05 bits per heavy atom. The van der Waals surface area contributed by atoms with Crippen LogP contribution in [0.2, 0.25) is 0 Å². The zero-order chi connectivity index (χ0) is 13.8. The maximum atomic E-state index is 12.3. The summed E-state index contributed by atoms with van der Waals surface area (Å²) in [5.41, 5.74) is 0.900. The Labute approximate surface area is 117 Å². The summed E-state index contributed by atoms with van der Waals surface area (Å²) in [6.45, 7) is 3.91.